The van der Waals surface area contributed by atoms with E-state index in [-0.39, 0.29) is 42.1 Å². The number of phenolic OH excluding ortho intramolecular Hbond substituents is 1. The van der Waals surface area contributed by atoms with Gasteiger partial charge in [0.15, 0.2) is 0 Å². The summed E-state index contributed by atoms with van der Waals surface area (Å²) in [6, 6.07) is 14.8. The molecule has 3 aromatic rings. The number of halogens is 8. The zero-order chi connectivity index (χ0) is 26.1. The lowest BCUT2D eigenvalue weighted by atomic mass is 10.1. The summed E-state index contributed by atoms with van der Waals surface area (Å²) in [4.78, 5) is 0. The summed E-state index contributed by atoms with van der Waals surface area (Å²) in [6.07, 6.45) is -9.22. The highest BCUT2D eigenvalue weighted by Gasteiger charge is 2.31. The topological polar surface area (TPSA) is 29.5 Å². The van der Waals surface area contributed by atoms with Gasteiger partial charge in [-0.1, -0.05) is 30.3 Å². The van der Waals surface area contributed by atoms with Crippen LogP contribution < -0.4 is 4.74 Å². The number of rotatable bonds is 7. The Hall–Kier alpha value is -3.30. The lowest BCUT2D eigenvalue weighted by molar-refractivity contribution is -0.138. The largest absolute Gasteiger partial charge is 0.508 e. The van der Waals surface area contributed by atoms with Crippen molar-refractivity contribution in [1.82, 2.24) is 0 Å². The Morgan fingerprint density at radius 2 is 1.17 bits per heavy atom. The number of aromatic hydroxyl groups is 1. The van der Waals surface area contributed by atoms with E-state index >= 15 is 0 Å². The molecule has 0 atom stereocenters. The average Bonchev–Trinajstić information content (AvgIpc) is 2.80. The fourth-order valence-corrected chi connectivity index (χ4v) is 2.99. The Balaban J connectivity index is 0.000000269. The Morgan fingerprint density at radius 1 is 0.657 bits per heavy atom. The molecule has 0 fully saturated rings. The van der Waals surface area contributed by atoms with E-state index in [9.17, 15) is 35.1 Å². The van der Waals surface area contributed by atoms with Crippen molar-refractivity contribution < 1.29 is 45.0 Å². The predicted molar refractivity (Wildman–Crippen MR) is 115 cm³/mol. The molecule has 0 aliphatic carbocycles. The van der Waals surface area contributed by atoms with Crippen LogP contribution in [0.15, 0.2) is 66.7 Å². The molecule has 3 rings (SSSR count). The van der Waals surface area contributed by atoms with Crippen molar-refractivity contribution in [1.29, 1.82) is 0 Å². The van der Waals surface area contributed by atoms with Gasteiger partial charge in [-0.2, -0.15) is 26.3 Å². The summed E-state index contributed by atoms with van der Waals surface area (Å²) in [5.41, 5.74) is -0.578. The highest BCUT2D eigenvalue weighted by molar-refractivity contribution is 5.39. The highest BCUT2D eigenvalue weighted by atomic mass is 19.4. The van der Waals surface area contributed by atoms with Crippen molar-refractivity contribution in [2.75, 3.05) is 13.3 Å². The maximum absolute atomic E-state index is 12.7. The average molecular weight is 506 g/mol. The number of alkyl halides is 8. The van der Waals surface area contributed by atoms with Crippen LogP contribution in [0, 0.1) is 0 Å². The zero-order valence-corrected chi connectivity index (χ0v) is 18.3. The van der Waals surface area contributed by atoms with Crippen LogP contribution >= 0.6 is 0 Å². The van der Waals surface area contributed by atoms with Crippen molar-refractivity contribution in [2.24, 2.45) is 0 Å². The lowest BCUT2D eigenvalue weighted by Crippen LogP contribution is -2.07. The third-order valence-electron chi connectivity index (χ3n) is 4.76. The van der Waals surface area contributed by atoms with Gasteiger partial charge in [-0.15, -0.1) is 0 Å². The summed E-state index contributed by atoms with van der Waals surface area (Å²) in [5.74, 6) is -0.0276. The molecule has 0 radical (unpaired) electrons. The predicted octanol–water partition coefficient (Wildman–Crippen LogP) is 7.72. The summed E-state index contributed by atoms with van der Waals surface area (Å²) in [6.45, 7) is -1.30. The van der Waals surface area contributed by atoms with E-state index in [4.69, 9.17) is 9.84 Å². The van der Waals surface area contributed by atoms with Crippen LogP contribution in [0.3, 0.4) is 0 Å². The molecule has 3 aromatic carbocycles. The van der Waals surface area contributed by atoms with E-state index < -0.39 is 36.8 Å². The fourth-order valence-electron chi connectivity index (χ4n) is 2.99. The van der Waals surface area contributed by atoms with Gasteiger partial charge in [-0.25, -0.2) is 0 Å². The van der Waals surface area contributed by atoms with Crippen LogP contribution in [0.1, 0.15) is 27.8 Å². The molecule has 0 saturated carbocycles. The summed E-state index contributed by atoms with van der Waals surface area (Å²) in [5, 5.41) is 9.10. The zero-order valence-electron chi connectivity index (χ0n) is 18.3. The number of hydrogen-bond donors (Lipinski definition) is 1. The minimum atomic E-state index is -4.46. The van der Waals surface area contributed by atoms with Gasteiger partial charge in [0, 0.05) is 12.8 Å². The number of phenols is 1. The van der Waals surface area contributed by atoms with Crippen LogP contribution in [0.2, 0.25) is 0 Å². The summed E-state index contributed by atoms with van der Waals surface area (Å²) < 4.78 is 104. The molecule has 0 aliphatic rings. The molecule has 0 spiro atoms. The van der Waals surface area contributed by atoms with Gasteiger partial charge < -0.3 is 9.84 Å². The SMILES string of the molecule is FCCc1cc(C(F)(F)F)ccc1OCc1ccccc1.Oc1ccc(C(F)(F)F)cc1CCF. The first-order valence-corrected chi connectivity index (χ1v) is 10.3. The molecule has 0 aromatic heterocycles. The van der Waals surface area contributed by atoms with Crippen LogP contribution in [0.25, 0.3) is 0 Å². The van der Waals surface area contributed by atoms with Gasteiger partial charge in [-0.05, 0) is 53.1 Å². The molecule has 1 N–H and O–H groups in total. The molecule has 10 heteroatoms. The first-order valence-electron chi connectivity index (χ1n) is 10.3. The molecule has 2 nitrogen and oxygen atoms in total. The monoisotopic (exact) mass is 506 g/mol. The van der Waals surface area contributed by atoms with Crippen LogP contribution in [0.5, 0.6) is 11.5 Å². The molecule has 0 heterocycles. The molecule has 0 aliphatic heterocycles. The number of aryl methyl sites for hydroxylation is 2. The van der Waals surface area contributed by atoms with Gasteiger partial charge in [0.1, 0.15) is 18.1 Å². The van der Waals surface area contributed by atoms with E-state index in [0.717, 1.165) is 35.9 Å². The second kappa shape index (κ2) is 12.4. The summed E-state index contributed by atoms with van der Waals surface area (Å²) in [7, 11) is 0. The van der Waals surface area contributed by atoms with E-state index in [2.05, 4.69) is 0 Å². The van der Waals surface area contributed by atoms with Gasteiger partial charge in [0.05, 0.1) is 24.5 Å². The van der Waals surface area contributed by atoms with Gasteiger partial charge in [0.2, 0.25) is 0 Å². The van der Waals surface area contributed by atoms with Crippen molar-refractivity contribution in [3.8, 4) is 11.5 Å². The maximum Gasteiger partial charge on any atom is 0.416 e. The lowest BCUT2D eigenvalue weighted by Gasteiger charge is -2.14. The quantitative estimate of drug-likeness (QED) is 0.333. The van der Waals surface area contributed by atoms with E-state index in [1.54, 1.807) is 0 Å². The Labute approximate surface area is 196 Å². The molecular formula is C25H22F8O2. The minimum Gasteiger partial charge on any atom is -0.508 e. The molecule has 0 bridgehead atoms. The van der Waals surface area contributed by atoms with Crippen molar-refractivity contribution in [3.63, 3.8) is 0 Å². The van der Waals surface area contributed by atoms with Crippen molar-refractivity contribution in [2.45, 2.75) is 31.8 Å². The van der Waals surface area contributed by atoms with E-state index in [1.165, 1.54) is 6.07 Å². The number of hydrogen-bond acceptors (Lipinski definition) is 2. The molecule has 0 saturated heterocycles. The summed E-state index contributed by atoms with van der Waals surface area (Å²) >= 11 is 0. The first kappa shape index (κ1) is 27.9. The highest BCUT2D eigenvalue weighted by Crippen LogP contribution is 2.34. The van der Waals surface area contributed by atoms with Crippen LogP contribution in [-0.4, -0.2) is 18.5 Å². The van der Waals surface area contributed by atoms with E-state index in [1.807, 2.05) is 30.3 Å². The Bertz CT molecular complexity index is 1060. The Kier molecular flexibility index (Phi) is 9.91. The second-order valence-corrected chi connectivity index (χ2v) is 7.31. The van der Waals surface area contributed by atoms with Crippen LogP contribution in [0.4, 0.5) is 35.1 Å². The van der Waals surface area contributed by atoms with E-state index in [0.29, 0.717) is 0 Å². The van der Waals surface area contributed by atoms with Crippen molar-refractivity contribution >= 4 is 0 Å². The standard InChI is InChI=1S/C16H14F4O.C9H8F4O/c17-9-8-13-10-14(16(18,19)20)6-7-15(13)21-11-12-4-2-1-3-5-12;10-4-3-6-5-7(9(11,12)13)1-2-8(6)14/h1-7,10H,8-9,11H2;1-2,5,14H,3-4H2. The number of benzene rings is 3. The number of ether oxygens (including phenoxy) is 1. The van der Waals surface area contributed by atoms with Gasteiger partial charge in [0.25, 0.3) is 0 Å². The Morgan fingerprint density at radius 3 is 1.71 bits per heavy atom. The smallest absolute Gasteiger partial charge is 0.416 e. The third kappa shape index (κ3) is 8.77. The maximum atomic E-state index is 12.7. The molecule has 0 unspecified atom stereocenters. The normalized spacial score (nSPS) is 11.5. The second-order valence-electron chi connectivity index (χ2n) is 7.31. The molecule has 35 heavy (non-hydrogen) atoms. The fraction of sp³-hybridized carbons (Fsp3) is 0.280. The van der Waals surface area contributed by atoms with Crippen molar-refractivity contribution in [3.05, 3.63) is 94.5 Å². The first-order chi connectivity index (χ1) is 16.5. The minimum absolute atomic E-state index is 0.0256. The van der Waals surface area contributed by atoms with Gasteiger partial charge in [-0.3, -0.25) is 8.78 Å². The van der Waals surface area contributed by atoms with Gasteiger partial charge >= 0.3 is 12.4 Å². The van der Waals surface area contributed by atoms with Crippen LogP contribution in [-0.2, 0) is 31.8 Å². The third-order valence-corrected chi connectivity index (χ3v) is 4.76. The molecular weight excluding hydrogens is 484 g/mol. The molecule has 0 amide bonds. The molecule has 190 valence electrons.